The molecule has 0 saturated heterocycles. The highest BCUT2D eigenvalue weighted by Gasteiger charge is 2.14. The van der Waals surface area contributed by atoms with Gasteiger partial charge in [-0.2, -0.15) is 0 Å². The maximum Gasteiger partial charge on any atom is 0.258 e. The number of amides is 1. The number of hydrogen-bond donors (Lipinski definition) is 1. The predicted molar refractivity (Wildman–Crippen MR) is 65.7 cm³/mol. The molecule has 0 aliphatic heterocycles. The van der Waals surface area contributed by atoms with Crippen LogP contribution in [0.4, 0.5) is 18.9 Å². The van der Waals surface area contributed by atoms with Gasteiger partial charge in [-0.05, 0) is 30.3 Å². The van der Waals surface area contributed by atoms with Crippen LogP contribution in [-0.4, -0.2) is 5.91 Å². The van der Waals surface area contributed by atoms with Gasteiger partial charge in [0.25, 0.3) is 5.91 Å². The van der Waals surface area contributed by atoms with Crippen LogP contribution < -0.4 is 5.32 Å². The molecule has 0 fully saturated rings. The number of halogens is 4. The molecule has 2 aromatic rings. The molecule has 2 aromatic carbocycles. The zero-order chi connectivity index (χ0) is 14.0. The van der Waals surface area contributed by atoms with E-state index in [2.05, 4.69) is 5.32 Å². The van der Waals surface area contributed by atoms with Crippen molar-refractivity contribution in [3.05, 3.63) is 64.4 Å². The van der Waals surface area contributed by atoms with Gasteiger partial charge < -0.3 is 5.32 Å². The Morgan fingerprint density at radius 3 is 2.37 bits per heavy atom. The zero-order valence-electron chi connectivity index (χ0n) is 9.38. The van der Waals surface area contributed by atoms with Crippen LogP contribution in [0.2, 0.25) is 5.02 Å². The molecule has 2 nitrogen and oxygen atoms in total. The van der Waals surface area contributed by atoms with E-state index in [0.29, 0.717) is 6.07 Å². The van der Waals surface area contributed by atoms with Crippen molar-refractivity contribution in [1.29, 1.82) is 0 Å². The van der Waals surface area contributed by atoms with Gasteiger partial charge in [-0.25, -0.2) is 13.2 Å². The highest BCUT2D eigenvalue weighted by Crippen LogP contribution is 2.19. The van der Waals surface area contributed by atoms with Crippen molar-refractivity contribution < 1.29 is 18.0 Å². The maximum atomic E-state index is 13.5. The summed E-state index contributed by atoms with van der Waals surface area (Å²) in [5.41, 5.74) is -0.520. The second kappa shape index (κ2) is 5.32. The van der Waals surface area contributed by atoms with E-state index in [9.17, 15) is 18.0 Å². The summed E-state index contributed by atoms with van der Waals surface area (Å²) in [5, 5.41) is 2.29. The molecule has 6 heteroatoms. The summed E-state index contributed by atoms with van der Waals surface area (Å²) in [4.78, 5) is 11.7. The standard InChI is InChI=1S/C13H7ClF3NO/c14-7-1-3-9(10(16)5-7)13(19)18-12-4-2-8(15)6-11(12)17/h1-6H,(H,18,19). The van der Waals surface area contributed by atoms with Gasteiger partial charge in [-0.3, -0.25) is 4.79 Å². The van der Waals surface area contributed by atoms with E-state index in [1.54, 1.807) is 0 Å². The molecule has 0 aliphatic rings. The Hall–Kier alpha value is -2.01. The number of carbonyl (C=O) groups excluding carboxylic acids is 1. The van der Waals surface area contributed by atoms with Gasteiger partial charge in [0.05, 0.1) is 11.3 Å². The molecule has 0 heterocycles. The molecule has 2 rings (SSSR count). The third-order valence-corrected chi connectivity index (χ3v) is 2.59. The van der Waals surface area contributed by atoms with Crippen molar-refractivity contribution in [2.75, 3.05) is 5.32 Å². The Balaban J connectivity index is 2.25. The van der Waals surface area contributed by atoms with Crippen molar-refractivity contribution in [1.82, 2.24) is 0 Å². The normalized spacial score (nSPS) is 10.3. The fourth-order valence-corrected chi connectivity index (χ4v) is 1.61. The second-order valence-electron chi connectivity index (χ2n) is 3.70. The van der Waals surface area contributed by atoms with Gasteiger partial charge in [0, 0.05) is 11.1 Å². The summed E-state index contributed by atoms with van der Waals surface area (Å²) >= 11 is 5.55. The Labute approximate surface area is 111 Å². The average Bonchev–Trinajstić information content (AvgIpc) is 2.32. The molecule has 1 N–H and O–H groups in total. The molecule has 0 radical (unpaired) electrons. The summed E-state index contributed by atoms with van der Waals surface area (Å²) in [6.45, 7) is 0. The van der Waals surface area contributed by atoms with Crippen LogP contribution in [-0.2, 0) is 0 Å². The van der Waals surface area contributed by atoms with E-state index in [1.165, 1.54) is 12.1 Å². The van der Waals surface area contributed by atoms with Crippen LogP contribution >= 0.6 is 11.6 Å². The molecular weight excluding hydrogens is 279 g/mol. The van der Waals surface area contributed by atoms with Crippen molar-refractivity contribution in [2.45, 2.75) is 0 Å². The lowest BCUT2D eigenvalue weighted by Gasteiger charge is -2.07. The largest absolute Gasteiger partial charge is 0.319 e. The van der Waals surface area contributed by atoms with Gasteiger partial charge >= 0.3 is 0 Å². The van der Waals surface area contributed by atoms with E-state index in [0.717, 1.165) is 18.2 Å². The minimum atomic E-state index is -0.942. The van der Waals surface area contributed by atoms with Gasteiger partial charge in [0.2, 0.25) is 0 Å². The fourth-order valence-electron chi connectivity index (χ4n) is 1.45. The molecule has 0 spiro atoms. The number of rotatable bonds is 2. The Morgan fingerprint density at radius 2 is 1.74 bits per heavy atom. The number of benzene rings is 2. The Morgan fingerprint density at radius 1 is 1.00 bits per heavy atom. The monoisotopic (exact) mass is 285 g/mol. The summed E-state index contributed by atoms with van der Waals surface area (Å²) in [7, 11) is 0. The molecule has 0 atom stereocenters. The van der Waals surface area contributed by atoms with Crippen molar-refractivity contribution in [3.63, 3.8) is 0 Å². The smallest absolute Gasteiger partial charge is 0.258 e. The first-order chi connectivity index (χ1) is 8.97. The quantitative estimate of drug-likeness (QED) is 0.887. The molecule has 0 saturated carbocycles. The molecule has 0 aliphatic carbocycles. The van der Waals surface area contributed by atoms with Crippen LogP contribution in [0.15, 0.2) is 36.4 Å². The van der Waals surface area contributed by atoms with Gasteiger partial charge in [-0.1, -0.05) is 11.6 Å². The summed E-state index contributed by atoms with van der Waals surface area (Å²) in [5.74, 6) is -3.39. The van der Waals surface area contributed by atoms with Crippen molar-refractivity contribution in [3.8, 4) is 0 Å². The predicted octanol–water partition coefficient (Wildman–Crippen LogP) is 4.01. The zero-order valence-corrected chi connectivity index (χ0v) is 10.1. The number of carbonyl (C=O) groups is 1. The first kappa shape index (κ1) is 13.4. The number of hydrogen-bond acceptors (Lipinski definition) is 1. The molecular formula is C13H7ClF3NO. The molecule has 0 bridgehead atoms. The Kier molecular flexibility index (Phi) is 3.76. The number of nitrogens with one attached hydrogen (secondary N) is 1. The van der Waals surface area contributed by atoms with Crippen LogP contribution in [0.3, 0.4) is 0 Å². The van der Waals surface area contributed by atoms with Gasteiger partial charge in [-0.15, -0.1) is 0 Å². The molecule has 98 valence electrons. The van der Waals surface area contributed by atoms with Gasteiger partial charge in [0.15, 0.2) is 0 Å². The highest BCUT2D eigenvalue weighted by atomic mass is 35.5. The average molecular weight is 286 g/mol. The molecule has 19 heavy (non-hydrogen) atoms. The topological polar surface area (TPSA) is 29.1 Å². The Bertz CT molecular complexity index is 646. The number of anilines is 1. The lowest BCUT2D eigenvalue weighted by molar-refractivity contribution is 0.102. The van der Waals surface area contributed by atoms with Crippen LogP contribution in [0.25, 0.3) is 0 Å². The lowest BCUT2D eigenvalue weighted by atomic mass is 10.2. The first-order valence-corrected chi connectivity index (χ1v) is 5.56. The minimum Gasteiger partial charge on any atom is -0.319 e. The lowest BCUT2D eigenvalue weighted by Crippen LogP contribution is -2.14. The van der Waals surface area contributed by atoms with Crippen molar-refractivity contribution in [2.24, 2.45) is 0 Å². The van der Waals surface area contributed by atoms with E-state index in [4.69, 9.17) is 11.6 Å². The van der Waals surface area contributed by atoms with Crippen LogP contribution in [0, 0.1) is 17.5 Å². The van der Waals surface area contributed by atoms with E-state index in [-0.39, 0.29) is 16.3 Å². The van der Waals surface area contributed by atoms with E-state index >= 15 is 0 Å². The first-order valence-electron chi connectivity index (χ1n) is 5.19. The molecule has 0 aromatic heterocycles. The summed E-state index contributed by atoms with van der Waals surface area (Å²) < 4.78 is 39.5. The highest BCUT2D eigenvalue weighted by molar-refractivity contribution is 6.30. The molecule has 0 unspecified atom stereocenters. The van der Waals surface area contributed by atoms with Crippen LogP contribution in [0.1, 0.15) is 10.4 Å². The maximum absolute atomic E-state index is 13.5. The minimum absolute atomic E-state index is 0.141. The van der Waals surface area contributed by atoms with E-state index < -0.39 is 23.4 Å². The SMILES string of the molecule is O=C(Nc1ccc(F)cc1F)c1ccc(Cl)cc1F. The molecule has 1 amide bonds. The summed E-state index contributed by atoms with van der Waals surface area (Å²) in [6.07, 6.45) is 0. The second-order valence-corrected chi connectivity index (χ2v) is 4.14. The third-order valence-electron chi connectivity index (χ3n) is 2.36. The van der Waals surface area contributed by atoms with Crippen molar-refractivity contribution >= 4 is 23.2 Å². The van der Waals surface area contributed by atoms with E-state index in [1.807, 2.05) is 0 Å². The third kappa shape index (κ3) is 3.06. The fraction of sp³-hybridized carbons (Fsp3) is 0. The van der Waals surface area contributed by atoms with Crippen LogP contribution in [0.5, 0.6) is 0 Å². The summed E-state index contributed by atoms with van der Waals surface area (Å²) in [6, 6.07) is 6.13. The van der Waals surface area contributed by atoms with Gasteiger partial charge in [0.1, 0.15) is 17.5 Å².